The van der Waals surface area contributed by atoms with Gasteiger partial charge in [-0.1, -0.05) is 0 Å². The summed E-state index contributed by atoms with van der Waals surface area (Å²) in [4.78, 5) is 23.1. The van der Waals surface area contributed by atoms with Crippen molar-refractivity contribution in [1.29, 1.82) is 0 Å². The Morgan fingerprint density at radius 3 is 3.16 bits per heavy atom. The highest BCUT2D eigenvalue weighted by molar-refractivity contribution is 9.10. The summed E-state index contributed by atoms with van der Waals surface area (Å²) in [7, 11) is 1.26. The number of nitrogens with one attached hydrogen (secondary N) is 1. The number of carbonyl (C=O) groups excluding carboxylic acids is 1. The molecule has 1 saturated heterocycles. The van der Waals surface area contributed by atoms with Crippen molar-refractivity contribution < 1.29 is 14.3 Å². The molecular weight excluding hydrogens is 318 g/mol. The minimum Gasteiger partial charge on any atom is -0.468 e. The Balaban J connectivity index is 2.16. The molecule has 0 radical (unpaired) electrons. The molecular formula is C11H14BrN3O4. The molecule has 1 aliphatic rings. The van der Waals surface area contributed by atoms with E-state index < -0.39 is 5.97 Å². The number of methoxy groups -OCH3 is 1. The van der Waals surface area contributed by atoms with Crippen LogP contribution < -0.4 is 10.9 Å². The SMILES string of the molecule is COC(=O)Cn1ncc(NC2CCOC2)c(Br)c1=O. The van der Waals surface area contributed by atoms with Gasteiger partial charge in [0.2, 0.25) is 0 Å². The molecule has 8 heteroatoms. The fourth-order valence-electron chi connectivity index (χ4n) is 1.73. The van der Waals surface area contributed by atoms with Crippen LogP contribution in [-0.4, -0.2) is 42.1 Å². The van der Waals surface area contributed by atoms with Crippen molar-refractivity contribution in [3.8, 4) is 0 Å². The minimum atomic E-state index is -0.522. The molecule has 1 fully saturated rings. The number of anilines is 1. The van der Waals surface area contributed by atoms with Gasteiger partial charge in [0.25, 0.3) is 5.56 Å². The van der Waals surface area contributed by atoms with Crippen molar-refractivity contribution in [3.63, 3.8) is 0 Å². The Labute approximate surface area is 118 Å². The van der Waals surface area contributed by atoms with E-state index in [1.807, 2.05) is 0 Å². The van der Waals surface area contributed by atoms with Gasteiger partial charge >= 0.3 is 5.97 Å². The molecule has 0 aromatic carbocycles. The first kappa shape index (κ1) is 14.0. The van der Waals surface area contributed by atoms with Gasteiger partial charge < -0.3 is 14.8 Å². The lowest BCUT2D eigenvalue weighted by molar-refractivity contribution is -0.141. The number of rotatable bonds is 4. The first-order valence-electron chi connectivity index (χ1n) is 5.78. The van der Waals surface area contributed by atoms with Crippen LogP contribution in [0.5, 0.6) is 0 Å². The second kappa shape index (κ2) is 6.16. The maximum absolute atomic E-state index is 12.0. The van der Waals surface area contributed by atoms with Gasteiger partial charge in [-0.2, -0.15) is 5.10 Å². The molecule has 0 saturated carbocycles. The van der Waals surface area contributed by atoms with Crippen LogP contribution >= 0.6 is 15.9 Å². The molecule has 2 rings (SSSR count). The number of ether oxygens (including phenoxy) is 2. The van der Waals surface area contributed by atoms with E-state index >= 15 is 0 Å². The molecule has 0 aliphatic carbocycles. The highest BCUT2D eigenvalue weighted by Crippen LogP contribution is 2.19. The van der Waals surface area contributed by atoms with E-state index in [9.17, 15) is 9.59 Å². The quantitative estimate of drug-likeness (QED) is 0.803. The zero-order chi connectivity index (χ0) is 13.8. The first-order valence-corrected chi connectivity index (χ1v) is 6.58. The summed E-state index contributed by atoms with van der Waals surface area (Å²) in [5.41, 5.74) is 0.218. The Bertz CT molecular complexity index is 525. The predicted molar refractivity (Wildman–Crippen MR) is 71.1 cm³/mol. The summed E-state index contributed by atoms with van der Waals surface area (Å²) in [5, 5.41) is 7.12. The first-order chi connectivity index (χ1) is 9.11. The number of halogens is 1. The smallest absolute Gasteiger partial charge is 0.327 e. The fraction of sp³-hybridized carbons (Fsp3) is 0.545. The van der Waals surface area contributed by atoms with E-state index in [1.54, 1.807) is 0 Å². The van der Waals surface area contributed by atoms with Crippen LogP contribution in [0, 0.1) is 0 Å². The molecule has 1 unspecified atom stereocenters. The third-order valence-electron chi connectivity index (χ3n) is 2.78. The van der Waals surface area contributed by atoms with Crippen molar-refractivity contribution in [2.24, 2.45) is 0 Å². The third-order valence-corrected chi connectivity index (χ3v) is 3.55. The Morgan fingerprint density at radius 1 is 1.74 bits per heavy atom. The maximum Gasteiger partial charge on any atom is 0.327 e. The summed E-state index contributed by atoms with van der Waals surface area (Å²) in [6.45, 7) is 1.11. The number of nitrogens with zero attached hydrogens (tertiary/aromatic N) is 2. The average molecular weight is 332 g/mol. The van der Waals surface area contributed by atoms with E-state index in [1.165, 1.54) is 13.3 Å². The van der Waals surface area contributed by atoms with Crippen LogP contribution in [0.3, 0.4) is 0 Å². The Kier molecular flexibility index (Phi) is 4.54. The Hall–Kier alpha value is -1.41. The fourth-order valence-corrected chi connectivity index (χ4v) is 2.15. The second-order valence-electron chi connectivity index (χ2n) is 4.12. The van der Waals surface area contributed by atoms with Crippen LogP contribution in [0.15, 0.2) is 15.5 Å². The van der Waals surface area contributed by atoms with Gasteiger partial charge in [-0.3, -0.25) is 9.59 Å². The topological polar surface area (TPSA) is 82.5 Å². The highest BCUT2D eigenvalue weighted by Gasteiger charge is 2.18. The lowest BCUT2D eigenvalue weighted by atomic mass is 10.2. The molecule has 104 valence electrons. The molecule has 7 nitrogen and oxygen atoms in total. The molecule has 0 spiro atoms. The largest absolute Gasteiger partial charge is 0.468 e. The Morgan fingerprint density at radius 2 is 2.53 bits per heavy atom. The third kappa shape index (κ3) is 3.32. The molecule has 1 N–H and O–H groups in total. The molecule has 1 aromatic rings. The predicted octanol–water partition coefficient (Wildman–Crippen LogP) is 0.380. The maximum atomic E-state index is 12.0. The van der Waals surface area contributed by atoms with Gasteiger partial charge in [0.1, 0.15) is 11.0 Å². The number of hydrogen-bond acceptors (Lipinski definition) is 6. The van der Waals surface area contributed by atoms with Crippen LogP contribution in [0.1, 0.15) is 6.42 Å². The molecule has 0 bridgehead atoms. The van der Waals surface area contributed by atoms with Gasteiger partial charge in [-0.05, 0) is 22.4 Å². The van der Waals surface area contributed by atoms with Crippen LogP contribution in [0.4, 0.5) is 5.69 Å². The van der Waals surface area contributed by atoms with Crippen LogP contribution in [-0.2, 0) is 20.8 Å². The summed E-state index contributed by atoms with van der Waals surface area (Å²) >= 11 is 3.22. The van der Waals surface area contributed by atoms with Crippen LogP contribution in [0.2, 0.25) is 0 Å². The standard InChI is InChI=1S/C11H14BrN3O4/c1-18-9(16)5-15-11(17)10(12)8(4-13-15)14-7-2-3-19-6-7/h4,7,14H,2-3,5-6H2,1H3. The van der Waals surface area contributed by atoms with Crippen molar-refractivity contribution in [2.45, 2.75) is 19.0 Å². The van der Waals surface area contributed by atoms with Gasteiger partial charge in [0, 0.05) is 6.61 Å². The van der Waals surface area contributed by atoms with Crippen molar-refractivity contribution in [2.75, 3.05) is 25.6 Å². The zero-order valence-corrected chi connectivity index (χ0v) is 12.0. The van der Waals surface area contributed by atoms with Gasteiger partial charge in [0.05, 0.1) is 31.6 Å². The lowest BCUT2D eigenvalue weighted by Crippen LogP contribution is -2.29. The van der Waals surface area contributed by atoms with Gasteiger partial charge in [-0.25, -0.2) is 4.68 Å². The second-order valence-corrected chi connectivity index (χ2v) is 4.91. The summed E-state index contributed by atoms with van der Waals surface area (Å²) < 4.78 is 11.1. The van der Waals surface area contributed by atoms with Crippen molar-refractivity contribution >= 4 is 27.6 Å². The lowest BCUT2D eigenvalue weighted by Gasteiger charge is -2.13. The molecule has 1 aliphatic heterocycles. The van der Waals surface area contributed by atoms with E-state index in [4.69, 9.17) is 4.74 Å². The van der Waals surface area contributed by atoms with Crippen molar-refractivity contribution in [1.82, 2.24) is 9.78 Å². The normalized spacial score (nSPS) is 18.3. The average Bonchev–Trinajstić information content (AvgIpc) is 2.91. The highest BCUT2D eigenvalue weighted by atomic mass is 79.9. The molecule has 1 aromatic heterocycles. The minimum absolute atomic E-state index is 0.175. The number of carbonyl (C=O) groups is 1. The molecule has 0 amide bonds. The summed E-state index contributed by atoms with van der Waals surface area (Å²) in [6, 6.07) is 0.175. The van der Waals surface area contributed by atoms with E-state index in [0.29, 0.717) is 23.4 Å². The molecule has 2 heterocycles. The number of aromatic nitrogens is 2. The van der Waals surface area contributed by atoms with Gasteiger partial charge in [-0.15, -0.1) is 0 Å². The van der Waals surface area contributed by atoms with E-state index in [-0.39, 0.29) is 18.1 Å². The number of hydrogen-bond donors (Lipinski definition) is 1. The van der Waals surface area contributed by atoms with Crippen LogP contribution in [0.25, 0.3) is 0 Å². The summed E-state index contributed by atoms with van der Waals surface area (Å²) in [5.74, 6) is -0.522. The zero-order valence-electron chi connectivity index (χ0n) is 10.4. The van der Waals surface area contributed by atoms with E-state index in [0.717, 1.165) is 11.1 Å². The molecule has 1 atom stereocenters. The van der Waals surface area contributed by atoms with Crippen molar-refractivity contribution in [3.05, 3.63) is 21.0 Å². The number of esters is 1. The molecule has 19 heavy (non-hydrogen) atoms. The van der Waals surface area contributed by atoms with Gasteiger partial charge in [0.15, 0.2) is 0 Å². The monoisotopic (exact) mass is 331 g/mol. The van der Waals surface area contributed by atoms with E-state index in [2.05, 4.69) is 31.1 Å². The summed E-state index contributed by atoms with van der Waals surface area (Å²) in [6.07, 6.45) is 2.39.